The lowest BCUT2D eigenvalue weighted by Gasteiger charge is -2.11. The zero-order valence-electron chi connectivity index (χ0n) is 12.1. The van der Waals surface area contributed by atoms with Gasteiger partial charge in [0, 0.05) is 11.1 Å². The van der Waals surface area contributed by atoms with Crippen molar-refractivity contribution in [3.05, 3.63) is 54.2 Å². The van der Waals surface area contributed by atoms with Gasteiger partial charge in [-0.25, -0.2) is 0 Å². The zero-order chi connectivity index (χ0) is 15.4. The van der Waals surface area contributed by atoms with Crippen molar-refractivity contribution in [1.29, 1.82) is 5.26 Å². The number of benzene rings is 2. The van der Waals surface area contributed by atoms with E-state index in [9.17, 15) is 5.26 Å². The zero-order valence-corrected chi connectivity index (χ0v) is 12.1. The molecule has 0 atom stereocenters. The van der Waals surface area contributed by atoms with Crippen LogP contribution in [0.2, 0.25) is 0 Å². The normalized spacial score (nSPS) is 10.2. The van der Waals surface area contributed by atoms with E-state index in [1.165, 1.54) is 0 Å². The molecule has 0 amide bonds. The molecule has 0 aliphatic carbocycles. The second kappa shape index (κ2) is 6.10. The van der Waals surface area contributed by atoms with E-state index >= 15 is 0 Å². The van der Waals surface area contributed by atoms with Crippen LogP contribution in [0.15, 0.2) is 48.5 Å². The highest BCUT2D eigenvalue weighted by molar-refractivity contribution is 5.94. The van der Waals surface area contributed by atoms with Gasteiger partial charge < -0.3 is 10.1 Å². The number of nitriles is 1. The molecule has 5 nitrogen and oxygen atoms in total. The number of ether oxygens (including phenoxy) is 1. The van der Waals surface area contributed by atoms with Gasteiger partial charge >= 0.3 is 0 Å². The molecule has 1 aromatic heterocycles. The average Bonchev–Trinajstić information content (AvgIpc) is 2.57. The summed E-state index contributed by atoms with van der Waals surface area (Å²) < 4.78 is 5.42. The summed E-state index contributed by atoms with van der Waals surface area (Å²) >= 11 is 0. The maximum Gasteiger partial charge on any atom is 0.187 e. The van der Waals surface area contributed by atoms with Crippen LogP contribution in [0, 0.1) is 11.3 Å². The molecule has 1 N–H and O–H groups in total. The standard InChI is InChI=1S/C17H14N4O/c1-2-22-13-9-7-12(8-10-13)19-17-14-5-3-4-6-15(14)20-21-16(17)11-18/h3-10H,2H2,1H3,(H,19,20). The Morgan fingerprint density at radius 2 is 1.86 bits per heavy atom. The Morgan fingerprint density at radius 1 is 1.09 bits per heavy atom. The summed E-state index contributed by atoms with van der Waals surface area (Å²) in [4.78, 5) is 0. The van der Waals surface area contributed by atoms with E-state index in [2.05, 4.69) is 21.6 Å². The second-order valence-electron chi connectivity index (χ2n) is 4.63. The van der Waals surface area contributed by atoms with E-state index in [0.29, 0.717) is 12.3 Å². The highest BCUT2D eigenvalue weighted by Crippen LogP contribution is 2.28. The number of nitrogens with zero attached hydrogens (tertiary/aromatic N) is 3. The van der Waals surface area contributed by atoms with Gasteiger partial charge in [-0.05, 0) is 37.3 Å². The number of fused-ring (bicyclic) bond motifs is 1. The fourth-order valence-electron chi connectivity index (χ4n) is 2.20. The maximum atomic E-state index is 9.26. The number of aromatic nitrogens is 2. The van der Waals surface area contributed by atoms with Crippen LogP contribution >= 0.6 is 0 Å². The fraction of sp³-hybridized carbons (Fsp3) is 0.118. The van der Waals surface area contributed by atoms with Crippen molar-refractivity contribution >= 4 is 22.3 Å². The van der Waals surface area contributed by atoms with Crippen molar-refractivity contribution in [2.24, 2.45) is 0 Å². The molecule has 0 saturated carbocycles. The first-order valence-electron chi connectivity index (χ1n) is 6.97. The van der Waals surface area contributed by atoms with Gasteiger partial charge in [0.05, 0.1) is 17.8 Å². The molecular formula is C17H14N4O. The Kier molecular flexibility index (Phi) is 3.84. The quantitative estimate of drug-likeness (QED) is 0.794. The molecular weight excluding hydrogens is 276 g/mol. The highest BCUT2D eigenvalue weighted by atomic mass is 16.5. The third kappa shape index (κ3) is 2.67. The molecule has 0 fully saturated rings. The highest BCUT2D eigenvalue weighted by Gasteiger charge is 2.10. The molecule has 0 bridgehead atoms. The molecule has 0 saturated heterocycles. The van der Waals surface area contributed by atoms with Crippen LogP contribution in [-0.4, -0.2) is 16.8 Å². The van der Waals surface area contributed by atoms with Crippen LogP contribution in [0.3, 0.4) is 0 Å². The SMILES string of the molecule is CCOc1ccc(Nc2c(C#N)nnc3ccccc23)cc1. The van der Waals surface area contributed by atoms with Crippen LogP contribution in [0.25, 0.3) is 10.9 Å². The lowest BCUT2D eigenvalue weighted by Crippen LogP contribution is -2.00. The molecule has 0 aliphatic rings. The molecule has 5 heteroatoms. The van der Waals surface area contributed by atoms with Gasteiger partial charge in [-0.15, -0.1) is 10.2 Å². The minimum atomic E-state index is 0.271. The molecule has 3 rings (SSSR count). The molecule has 2 aromatic carbocycles. The number of nitrogens with one attached hydrogen (secondary N) is 1. The summed E-state index contributed by atoms with van der Waals surface area (Å²) in [6.45, 7) is 2.57. The number of hydrogen-bond donors (Lipinski definition) is 1. The van der Waals surface area contributed by atoms with Gasteiger partial charge in [-0.2, -0.15) is 5.26 Å². The molecule has 108 valence electrons. The van der Waals surface area contributed by atoms with Crippen LogP contribution in [0.5, 0.6) is 5.75 Å². The van der Waals surface area contributed by atoms with Gasteiger partial charge in [0.1, 0.15) is 11.8 Å². The van der Waals surface area contributed by atoms with Gasteiger partial charge in [-0.1, -0.05) is 18.2 Å². The first-order valence-corrected chi connectivity index (χ1v) is 6.97. The first-order chi connectivity index (χ1) is 10.8. The van der Waals surface area contributed by atoms with E-state index < -0.39 is 0 Å². The minimum absolute atomic E-state index is 0.271. The Bertz CT molecular complexity index is 837. The molecule has 22 heavy (non-hydrogen) atoms. The number of anilines is 2. The Hall–Kier alpha value is -3.13. The molecule has 0 spiro atoms. The van der Waals surface area contributed by atoms with Gasteiger partial charge in [0.25, 0.3) is 0 Å². The van der Waals surface area contributed by atoms with Crippen molar-refractivity contribution in [3.63, 3.8) is 0 Å². The van der Waals surface area contributed by atoms with Gasteiger partial charge in [-0.3, -0.25) is 0 Å². The first kappa shape index (κ1) is 13.8. The van der Waals surface area contributed by atoms with Crippen LogP contribution in [-0.2, 0) is 0 Å². The van der Waals surface area contributed by atoms with E-state index in [0.717, 1.165) is 22.3 Å². The number of hydrogen-bond acceptors (Lipinski definition) is 5. The molecule has 0 aliphatic heterocycles. The summed E-state index contributed by atoms with van der Waals surface area (Å²) in [6, 6.07) is 17.2. The van der Waals surface area contributed by atoms with E-state index in [4.69, 9.17) is 4.74 Å². The minimum Gasteiger partial charge on any atom is -0.494 e. The maximum absolute atomic E-state index is 9.26. The van der Waals surface area contributed by atoms with Crippen molar-refractivity contribution in [2.75, 3.05) is 11.9 Å². The van der Waals surface area contributed by atoms with Crippen LogP contribution in [0.1, 0.15) is 12.6 Å². The topological polar surface area (TPSA) is 70.8 Å². The molecule has 3 aromatic rings. The van der Waals surface area contributed by atoms with Crippen LogP contribution < -0.4 is 10.1 Å². The third-order valence-electron chi connectivity index (χ3n) is 3.21. The molecule has 0 unspecified atom stereocenters. The van der Waals surface area contributed by atoms with E-state index in [-0.39, 0.29) is 5.69 Å². The van der Waals surface area contributed by atoms with Crippen molar-refractivity contribution in [3.8, 4) is 11.8 Å². The van der Waals surface area contributed by atoms with E-state index in [1.54, 1.807) is 0 Å². The van der Waals surface area contributed by atoms with Crippen molar-refractivity contribution < 1.29 is 4.74 Å². The largest absolute Gasteiger partial charge is 0.494 e. The lowest BCUT2D eigenvalue weighted by molar-refractivity contribution is 0.340. The Balaban J connectivity index is 2.00. The summed E-state index contributed by atoms with van der Waals surface area (Å²) in [6.07, 6.45) is 0. The second-order valence-corrected chi connectivity index (χ2v) is 4.63. The Morgan fingerprint density at radius 3 is 2.59 bits per heavy atom. The lowest BCUT2D eigenvalue weighted by atomic mass is 10.1. The molecule has 0 radical (unpaired) electrons. The smallest absolute Gasteiger partial charge is 0.187 e. The summed E-state index contributed by atoms with van der Waals surface area (Å²) in [5, 5.41) is 21.4. The van der Waals surface area contributed by atoms with Gasteiger partial charge in [0.2, 0.25) is 0 Å². The monoisotopic (exact) mass is 290 g/mol. The summed E-state index contributed by atoms with van der Waals surface area (Å²) in [5.74, 6) is 0.811. The summed E-state index contributed by atoms with van der Waals surface area (Å²) in [7, 11) is 0. The molecule has 1 heterocycles. The third-order valence-corrected chi connectivity index (χ3v) is 3.21. The van der Waals surface area contributed by atoms with E-state index in [1.807, 2.05) is 55.5 Å². The predicted octanol–water partition coefficient (Wildman–Crippen LogP) is 3.64. The average molecular weight is 290 g/mol. The fourth-order valence-corrected chi connectivity index (χ4v) is 2.20. The summed E-state index contributed by atoms with van der Waals surface area (Å²) in [5.41, 5.74) is 2.54. The predicted molar refractivity (Wildman–Crippen MR) is 85.1 cm³/mol. The van der Waals surface area contributed by atoms with Crippen molar-refractivity contribution in [1.82, 2.24) is 10.2 Å². The van der Waals surface area contributed by atoms with Gasteiger partial charge in [0.15, 0.2) is 5.69 Å². The Labute approximate surface area is 128 Å². The van der Waals surface area contributed by atoms with Crippen LogP contribution in [0.4, 0.5) is 11.4 Å². The number of rotatable bonds is 4. The van der Waals surface area contributed by atoms with Crippen molar-refractivity contribution in [2.45, 2.75) is 6.92 Å².